The minimum Gasteiger partial charge on any atom is -0.493 e. The third-order valence-electron chi connectivity index (χ3n) is 6.41. The van der Waals surface area contributed by atoms with Gasteiger partial charge in [0.2, 0.25) is 11.7 Å². The molecule has 35 heavy (non-hydrogen) atoms. The minimum absolute atomic E-state index is 0.0915. The Hall–Kier alpha value is -3.80. The Morgan fingerprint density at radius 2 is 1.80 bits per heavy atom. The summed E-state index contributed by atoms with van der Waals surface area (Å²) in [6.45, 7) is 0.502. The van der Waals surface area contributed by atoms with E-state index in [9.17, 15) is 19.2 Å². The van der Waals surface area contributed by atoms with Gasteiger partial charge in [-0.2, -0.15) is 5.26 Å². The van der Waals surface area contributed by atoms with E-state index in [2.05, 4.69) is 6.07 Å². The summed E-state index contributed by atoms with van der Waals surface area (Å²) in [7, 11) is 2.90. The molecule has 1 unspecified atom stereocenters. The van der Waals surface area contributed by atoms with Gasteiger partial charge in [-0.05, 0) is 30.5 Å². The summed E-state index contributed by atoms with van der Waals surface area (Å²) in [5.41, 5.74) is 1.14. The predicted octanol–water partition coefficient (Wildman–Crippen LogP) is 3.35. The summed E-state index contributed by atoms with van der Waals surface area (Å²) in [6.07, 6.45) is -0.122. The molecule has 2 aromatic rings. The SMILES string of the molecule is COc1cc(C(=O)N2C[C@H](F)C[C@H]2C(=O)N2CCCC2C#N)cc(OC)c1OCc1ccccc1. The highest BCUT2D eigenvalue weighted by Crippen LogP contribution is 2.40. The first-order valence-corrected chi connectivity index (χ1v) is 11.5. The van der Waals surface area contributed by atoms with Crippen molar-refractivity contribution in [3.05, 3.63) is 53.6 Å². The first-order chi connectivity index (χ1) is 17.0. The van der Waals surface area contributed by atoms with Crippen LogP contribution in [-0.4, -0.2) is 67.2 Å². The van der Waals surface area contributed by atoms with Crippen molar-refractivity contribution in [2.75, 3.05) is 27.3 Å². The molecular formula is C26H28FN3O5. The first-order valence-electron chi connectivity index (χ1n) is 11.5. The van der Waals surface area contributed by atoms with Gasteiger partial charge in [0, 0.05) is 18.5 Å². The van der Waals surface area contributed by atoms with Gasteiger partial charge in [-0.25, -0.2) is 4.39 Å². The molecule has 0 aliphatic carbocycles. The van der Waals surface area contributed by atoms with Gasteiger partial charge in [-0.15, -0.1) is 0 Å². The van der Waals surface area contributed by atoms with Crippen LogP contribution in [-0.2, 0) is 11.4 Å². The molecule has 9 heteroatoms. The van der Waals surface area contributed by atoms with Crippen molar-refractivity contribution in [2.24, 2.45) is 0 Å². The van der Waals surface area contributed by atoms with E-state index in [0.717, 1.165) is 5.56 Å². The average molecular weight is 482 g/mol. The second-order valence-corrected chi connectivity index (χ2v) is 8.61. The molecule has 2 fully saturated rings. The molecule has 2 aliphatic rings. The fourth-order valence-corrected chi connectivity index (χ4v) is 4.64. The van der Waals surface area contributed by atoms with E-state index in [1.807, 2.05) is 30.3 Å². The number of carbonyl (C=O) groups excluding carboxylic acids is 2. The standard InChI is InChI=1S/C26H28FN3O5/c1-33-22-11-18(12-23(34-2)24(22)35-16-17-7-4-3-5-8-17)25(31)30-15-19(27)13-21(30)26(32)29-10-6-9-20(29)14-28/h3-5,7-8,11-12,19-21H,6,9-10,13,15-16H2,1-2H3/t19-,20?,21+/m1/s1. The third-order valence-corrected chi connectivity index (χ3v) is 6.41. The maximum absolute atomic E-state index is 14.4. The second-order valence-electron chi connectivity index (χ2n) is 8.61. The van der Waals surface area contributed by atoms with Gasteiger partial charge < -0.3 is 24.0 Å². The lowest BCUT2D eigenvalue weighted by Crippen LogP contribution is -2.49. The van der Waals surface area contributed by atoms with E-state index in [0.29, 0.717) is 25.1 Å². The average Bonchev–Trinajstić information content (AvgIpc) is 3.53. The van der Waals surface area contributed by atoms with Crippen molar-refractivity contribution >= 4 is 11.8 Å². The van der Waals surface area contributed by atoms with Crippen molar-refractivity contribution in [2.45, 2.75) is 44.1 Å². The van der Waals surface area contributed by atoms with Crippen LogP contribution in [0.15, 0.2) is 42.5 Å². The molecule has 8 nitrogen and oxygen atoms in total. The van der Waals surface area contributed by atoms with Gasteiger partial charge in [-0.1, -0.05) is 30.3 Å². The van der Waals surface area contributed by atoms with Crippen LogP contribution in [0.1, 0.15) is 35.2 Å². The van der Waals surface area contributed by atoms with Gasteiger partial charge in [0.25, 0.3) is 5.91 Å². The second kappa shape index (κ2) is 10.6. The zero-order valence-corrected chi connectivity index (χ0v) is 19.8. The predicted molar refractivity (Wildman–Crippen MR) is 125 cm³/mol. The number of amides is 2. The Balaban J connectivity index is 1.59. The number of nitrogens with zero attached hydrogens (tertiary/aromatic N) is 3. The van der Waals surface area contributed by atoms with E-state index in [-0.39, 0.29) is 42.5 Å². The number of hydrogen-bond donors (Lipinski definition) is 0. The number of carbonyl (C=O) groups is 2. The Morgan fingerprint density at radius 1 is 1.11 bits per heavy atom. The lowest BCUT2D eigenvalue weighted by molar-refractivity contribution is -0.135. The number of methoxy groups -OCH3 is 2. The van der Waals surface area contributed by atoms with E-state index >= 15 is 0 Å². The van der Waals surface area contributed by atoms with Crippen LogP contribution in [0.3, 0.4) is 0 Å². The molecule has 2 aliphatic heterocycles. The number of benzene rings is 2. The lowest BCUT2D eigenvalue weighted by atomic mass is 10.1. The highest BCUT2D eigenvalue weighted by atomic mass is 19.1. The smallest absolute Gasteiger partial charge is 0.254 e. The highest BCUT2D eigenvalue weighted by Gasteiger charge is 2.44. The lowest BCUT2D eigenvalue weighted by Gasteiger charge is -2.29. The van der Waals surface area contributed by atoms with Gasteiger partial charge in [0.05, 0.1) is 26.8 Å². The molecular weight excluding hydrogens is 453 g/mol. The molecule has 2 amide bonds. The van der Waals surface area contributed by atoms with Gasteiger partial charge >= 0.3 is 0 Å². The molecule has 2 saturated heterocycles. The molecule has 184 valence electrons. The van der Waals surface area contributed by atoms with Crippen LogP contribution in [0.2, 0.25) is 0 Å². The van der Waals surface area contributed by atoms with Crippen molar-refractivity contribution < 1.29 is 28.2 Å². The number of ether oxygens (including phenoxy) is 3. The largest absolute Gasteiger partial charge is 0.493 e. The molecule has 2 heterocycles. The fourth-order valence-electron chi connectivity index (χ4n) is 4.64. The summed E-state index contributed by atoms with van der Waals surface area (Å²) < 4.78 is 31.3. The maximum Gasteiger partial charge on any atom is 0.254 e. The van der Waals surface area contributed by atoms with Crippen molar-refractivity contribution in [1.29, 1.82) is 5.26 Å². The van der Waals surface area contributed by atoms with Crippen LogP contribution < -0.4 is 14.2 Å². The Bertz CT molecular complexity index is 1090. The zero-order chi connectivity index (χ0) is 24.9. The minimum atomic E-state index is -1.33. The van der Waals surface area contributed by atoms with Crippen molar-refractivity contribution in [1.82, 2.24) is 9.80 Å². The summed E-state index contributed by atoms with van der Waals surface area (Å²) >= 11 is 0. The van der Waals surface area contributed by atoms with Crippen molar-refractivity contribution in [3.63, 3.8) is 0 Å². The van der Waals surface area contributed by atoms with Crippen LogP contribution in [0.4, 0.5) is 4.39 Å². The normalized spacial score (nSPS) is 21.5. The number of likely N-dealkylation sites (tertiary alicyclic amines) is 2. The van der Waals surface area contributed by atoms with Crippen LogP contribution in [0, 0.1) is 11.3 Å². The Kier molecular flexibility index (Phi) is 7.39. The van der Waals surface area contributed by atoms with Crippen molar-refractivity contribution in [3.8, 4) is 23.3 Å². The van der Waals surface area contributed by atoms with Gasteiger partial charge in [0.15, 0.2) is 11.5 Å². The van der Waals surface area contributed by atoms with Crippen LogP contribution >= 0.6 is 0 Å². The summed E-state index contributed by atoms with van der Waals surface area (Å²) in [5.74, 6) is 0.00615. The molecule has 0 aromatic heterocycles. The molecule has 2 aromatic carbocycles. The Labute approximate surface area is 203 Å². The molecule has 0 N–H and O–H groups in total. The third kappa shape index (κ3) is 5.02. The number of halogens is 1. The summed E-state index contributed by atoms with van der Waals surface area (Å²) in [6, 6.07) is 13.2. The molecule has 4 rings (SSSR count). The zero-order valence-electron chi connectivity index (χ0n) is 19.8. The fraction of sp³-hybridized carbons (Fsp3) is 0.423. The van der Waals surface area contributed by atoms with Crippen LogP contribution in [0.25, 0.3) is 0 Å². The molecule has 0 saturated carbocycles. The number of alkyl halides is 1. The number of nitriles is 1. The molecule has 0 radical (unpaired) electrons. The number of rotatable bonds is 7. The van der Waals surface area contributed by atoms with Gasteiger partial charge in [0.1, 0.15) is 24.9 Å². The van der Waals surface area contributed by atoms with Crippen LogP contribution in [0.5, 0.6) is 17.2 Å². The topological polar surface area (TPSA) is 92.1 Å². The van der Waals surface area contributed by atoms with E-state index in [1.165, 1.54) is 36.2 Å². The van der Waals surface area contributed by atoms with E-state index < -0.39 is 24.2 Å². The Morgan fingerprint density at radius 3 is 2.43 bits per heavy atom. The molecule has 3 atom stereocenters. The maximum atomic E-state index is 14.4. The molecule has 0 spiro atoms. The summed E-state index contributed by atoms with van der Waals surface area (Å²) in [4.78, 5) is 29.4. The quantitative estimate of drug-likeness (QED) is 0.602. The number of hydrogen-bond acceptors (Lipinski definition) is 6. The van der Waals surface area contributed by atoms with E-state index in [4.69, 9.17) is 14.2 Å². The molecule has 0 bridgehead atoms. The monoisotopic (exact) mass is 481 g/mol. The van der Waals surface area contributed by atoms with E-state index in [1.54, 1.807) is 0 Å². The first kappa shape index (κ1) is 24.3. The summed E-state index contributed by atoms with van der Waals surface area (Å²) in [5, 5.41) is 9.35. The highest BCUT2D eigenvalue weighted by molar-refractivity contribution is 5.99. The van der Waals surface area contributed by atoms with Gasteiger partial charge in [-0.3, -0.25) is 9.59 Å².